The molecule has 0 unspecified atom stereocenters. The molecule has 7 nitrogen and oxygen atoms in total. The Kier molecular flexibility index (Phi) is 4.56. The second-order valence-corrected chi connectivity index (χ2v) is 4.49. The van der Waals surface area contributed by atoms with Crippen molar-refractivity contribution in [2.45, 2.75) is 13.5 Å². The molecular weight excluding hydrogens is 314 g/mol. The first-order chi connectivity index (χ1) is 9.24. The van der Waals surface area contributed by atoms with E-state index in [1.54, 1.807) is 7.11 Å². The topological polar surface area (TPSA) is 85.0 Å². The van der Waals surface area contributed by atoms with Gasteiger partial charge in [0.15, 0.2) is 11.5 Å². The molecule has 0 fully saturated rings. The largest absolute Gasteiger partial charge is 0.492 e. The van der Waals surface area contributed by atoms with Gasteiger partial charge in [0, 0.05) is 6.54 Å². The van der Waals surface area contributed by atoms with Crippen molar-refractivity contribution in [1.29, 1.82) is 0 Å². The predicted octanol–water partition coefficient (Wildman–Crippen LogP) is 1.98. The van der Waals surface area contributed by atoms with E-state index in [1.165, 1.54) is 0 Å². The van der Waals surface area contributed by atoms with Crippen LogP contribution in [-0.4, -0.2) is 34.3 Å². The van der Waals surface area contributed by atoms with Gasteiger partial charge in [-0.05, 0) is 45.8 Å². The summed E-state index contributed by atoms with van der Waals surface area (Å²) in [7, 11) is 1.61. The molecule has 0 saturated carbocycles. The SMILES string of the molecule is CCOc1cc(CNc2nn[nH]n2)cc(Br)c1OC. The van der Waals surface area contributed by atoms with Crippen LogP contribution in [-0.2, 0) is 6.54 Å². The Labute approximate surface area is 118 Å². The summed E-state index contributed by atoms with van der Waals surface area (Å²) >= 11 is 3.46. The van der Waals surface area contributed by atoms with E-state index in [9.17, 15) is 0 Å². The number of methoxy groups -OCH3 is 1. The Hall–Kier alpha value is -1.83. The molecule has 19 heavy (non-hydrogen) atoms. The fourth-order valence-corrected chi connectivity index (χ4v) is 2.25. The Balaban J connectivity index is 2.16. The molecule has 0 aliphatic heterocycles. The number of ether oxygens (including phenoxy) is 2. The number of aromatic nitrogens is 4. The standard InChI is InChI=1S/C11H14BrN5O2/c1-3-19-9-5-7(4-8(12)10(9)18-2)6-13-11-14-16-17-15-11/h4-5H,3,6H2,1-2H3,(H2,13,14,15,16,17). The van der Waals surface area contributed by atoms with Crippen LogP contribution in [0.4, 0.5) is 5.95 Å². The lowest BCUT2D eigenvalue weighted by molar-refractivity contribution is 0.309. The van der Waals surface area contributed by atoms with Gasteiger partial charge < -0.3 is 14.8 Å². The number of H-pyrrole nitrogens is 1. The summed E-state index contributed by atoms with van der Waals surface area (Å²) in [5, 5.41) is 16.5. The summed E-state index contributed by atoms with van der Waals surface area (Å²) in [5.41, 5.74) is 1.01. The van der Waals surface area contributed by atoms with Crippen LogP contribution in [0, 0.1) is 0 Å². The second-order valence-electron chi connectivity index (χ2n) is 3.63. The van der Waals surface area contributed by atoms with Crippen LogP contribution in [0.25, 0.3) is 0 Å². The van der Waals surface area contributed by atoms with E-state index < -0.39 is 0 Å². The monoisotopic (exact) mass is 327 g/mol. The van der Waals surface area contributed by atoms with E-state index in [-0.39, 0.29) is 0 Å². The molecule has 0 aliphatic rings. The number of halogens is 1. The van der Waals surface area contributed by atoms with Gasteiger partial charge in [-0.25, -0.2) is 0 Å². The first kappa shape index (κ1) is 13.6. The van der Waals surface area contributed by atoms with Crippen molar-refractivity contribution in [2.75, 3.05) is 19.0 Å². The van der Waals surface area contributed by atoms with Crippen LogP contribution in [0.15, 0.2) is 16.6 Å². The van der Waals surface area contributed by atoms with Gasteiger partial charge in [0.1, 0.15) is 0 Å². The molecule has 2 aromatic rings. The number of aromatic amines is 1. The molecular formula is C11H14BrN5O2. The maximum absolute atomic E-state index is 5.55. The first-order valence-electron chi connectivity index (χ1n) is 5.71. The van der Waals surface area contributed by atoms with Gasteiger partial charge in [0.05, 0.1) is 18.2 Å². The van der Waals surface area contributed by atoms with Crippen molar-refractivity contribution >= 4 is 21.9 Å². The number of hydrogen-bond acceptors (Lipinski definition) is 6. The molecule has 1 aromatic heterocycles. The van der Waals surface area contributed by atoms with E-state index in [0.717, 1.165) is 10.0 Å². The van der Waals surface area contributed by atoms with Crippen LogP contribution < -0.4 is 14.8 Å². The van der Waals surface area contributed by atoms with E-state index in [4.69, 9.17) is 9.47 Å². The second kappa shape index (κ2) is 6.37. The third kappa shape index (κ3) is 3.34. The minimum atomic E-state index is 0.449. The first-order valence-corrected chi connectivity index (χ1v) is 6.50. The van der Waals surface area contributed by atoms with Crippen molar-refractivity contribution < 1.29 is 9.47 Å². The molecule has 0 saturated heterocycles. The summed E-state index contributed by atoms with van der Waals surface area (Å²) in [5.74, 6) is 1.83. The highest BCUT2D eigenvalue weighted by Crippen LogP contribution is 2.36. The van der Waals surface area contributed by atoms with Gasteiger partial charge in [0.2, 0.25) is 0 Å². The smallest absolute Gasteiger partial charge is 0.263 e. The van der Waals surface area contributed by atoms with Crippen LogP contribution in [0.1, 0.15) is 12.5 Å². The molecule has 2 N–H and O–H groups in total. The van der Waals surface area contributed by atoms with Crippen LogP contribution >= 0.6 is 15.9 Å². The van der Waals surface area contributed by atoms with Crippen molar-refractivity contribution in [3.8, 4) is 11.5 Å². The van der Waals surface area contributed by atoms with Crippen LogP contribution in [0.5, 0.6) is 11.5 Å². The highest BCUT2D eigenvalue weighted by molar-refractivity contribution is 9.10. The fraction of sp³-hybridized carbons (Fsp3) is 0.364. The molecule has 0 spiro atoms. The molecule has 0 amide bonds. The number of hydrogen-bond donors (Lipinski definition) is 2. The van der Waals surface area contributed by atoms with E-state index >= 15 is 0 Å². The molecule has 0 atom stereocenters. The summed E-state index contributed by atoms with van der Waals surface area (Å²) in [4.78, 5) is 0. The summed E-state index contributed by atoms with van der Waals surface area (Å²) in [6.07, 6.45) is 0. The predicted molar refractivity (Wildman–Crippen MR) is 73.4 cm³/mol. The Bertz CT molecular complexity index is 532. The van der Waals surface area contributed by atoms with E-state index in [1.807, 2.05) is 19.1 Å². The van der Waals surface area contributed by atoms with Gasteiger partial charge in [-0.1, -0.05) is 5.10 Å². The molecule has 1 aromatic carbocycles. The molecule has 8 heteroatoms. The number of anilines is 1. The summed E-state index contributed by atoms with van der Waals surface area (Å²) < 4.78 is 11.7. The average Bonchev–Trinajstić information content (AvgIpc) is 2.90. The van der Waals surface area contributed by atoms with Gasteiger partial charge in [-0.3, -0.25) is 0 Å². The number of tetrazole rings is 1. The molecule has 0 bridgehead atoms. The number of nitrogens with zero attached hydrogens (tertiary/aromatic N) is 3. The van der Waals surface area contributed by atoms with Gasteiger partial charge >= 0.3 is 0 Å². The Morgan fingerprint density at radius 2 is 2.26 bits per heavy atom. The van der Waals surface area contributed by atoms with Crippen molar-refractivity contribution in [1.82, 2.24) is 20.6 Å². The lowest BCUT2D eigenvalue weighted by atomic mass is 10.2. The third-order valence-electron chi connectivity index (χ3n) is 2.37. The Morgan fingerprint density at radius 3 is 2.89 bits per heavy atom. The third-order valence-corrected chi connectivity index (χ3v) is 2.96. The van der Waals surface area contributed by atoms with Crippen LogP contribution in [0.3, 0.4) is 0 Å². The average molecular weight is 328 g/mol. The highest BCUT2D eigenvalue weighted by Gasteiger charge is 2.11. The minimum Gasteiger partial charge on any atom is -0.492 e. The lowest BCUT2D eigenvalue weighted by Gasteiger charge is -2.13. The maximum atomic E-state index is 5.55. The van der Waals surface area contributed by atoms with Crippen molar-refractivity contribution in [3.05, 3.63) is 22.2 Å². The lowest BCUT2D eigenvalue weighted by Crippen LogP contribution is -2.03. The maximum Gasteiger partial charge on any atom is 0.263 e. The highest BCUT2D eigenvalue weighted by atomic mass is 79.9. The van der Waals surface area contributed by atoms with Crippen molar-refractivity contribution in [3.63, 3.8) is 0 Å². The van der Waals surface area contributed by atoms with E-state index in [2.05, 4.69) is 41.9 Å². The van der Waals surface area contributed by atoms with Gasteiger partial charge in [-0.15, -0.1) is 5.10 Å². The van der Waals surface area contributed by atoms with Crippen LogP contribution in [0.2, 0.25) is 0 Å². The summed E-state index contributed by atoms with van der Waals surface area (Å²) in [6, 6.07) is 3.87. The zero-order chi connectivity index (χ0) is 13.7. The molecule has 0 aliphatic carbocycles. The Morgan fingerprint density at radius 1 is 1.42 bits per heavy atom. The molecule has 102 valence electrons. The quantitative estimate of drug-likeness (QED) is 0.843. The fourth-order valence-electron chi connectivity index (χ4n) is 1.60. The van der Waals surface area contributed by atoms with Gasteiger partial charge in [-0.2, -0.15) is 5.21 Å². The minimum absolute atomic E-state index is 0.449. The number of nitrogens with one attached hydrogen (secondary N) is 2. The van der Waals surface area contributed by atoms with Gasteiger partial charge in [0.25, 0.3) is 5.95 Å². The van der Waals surface area contributed by atoms with Crippen molar-refractivity contribution in [2.24, 2.45) is 0 Å². The summed E-state index contributed by atoms with van der Waals surface area (Å²) in [6.45, 7) is 3.06. The molecule has 1 heterocycles. The molecule has 0 radical (unpaired) electrons. The normalized spacial score (nSPS) is 10.3. The number of benzene rings is 1. The molecule has 2 rings (SSSR count). The zero-order valence-electron chi connectivity index (χ0n) is 10.6. The van der Waals surface area contributed by atoms with E-state index in [0.29, 0.717) is 30.6 Å². The number of rotatable bonds is 6. The zero-order valence-corrected chi connectivity index (χ0v) is 12.2.